The van der Waals surface area contributed by atoms with Gasteiger partial charge in [0.1, 0.15) is 0 Å². The summed E-state index contributed by atoms with van der Waals surface area (Å²) in [6.07, 6.45) is 8.11. The third-order valence-electron chi connectivity index (χ3n) is 5.85. The molecule has 3 aromatic carbocycles. The van der Waals surface area contributed by atoms with Crippen molar-refractivity contribution < 1.29 is 27.9 Å². The van der Waals surface area contributed by atoms with Gasteiger partial charge in [0.15, 0.2) is 23.0 Å². The monoisotopic (exact) mass is 550 g/mol. The first-order valence-corrected chi connectivity index (χ1v) is 13.2. The minimum Gasteiger partial charge on any atom is -0.493 e. The van der Waals surface area contributed by atoms with Crippen molar-refractivity contribution in [2.75, 3.05) is 21.3 Å². The van der Waals surface area contributed by atoms with Gasteiger partial charge in [-0.3, -0.25) is 0 Å². The Hall–Kier alpha value is -3.71. The van der Waals surface area contributed by atoms with Crippen LogP contribution in [0, 0.1) is 6.92 Å². The predicted octanol–water partition coefficient (Wildman–Crippen LogP) is 8.16. The highest BCUT2D eigenvalue weighted by atomic mass is 32.1. The van der Waals surface area contributed by atoms with E-state index in [0.717, 1.165) is 27.8 Å². The van der Waals surface area contributed by atoms with E-state index in [1.165, 1.54) is 0 Å². The summed E-state index contributed by atoms with van der Waals surface area (Å²) in [6.45, 7) is 9.81. The van der Waals surface area contributed by atoms with E-state index in [2.05, 4.69) is 37.2 Å². The Morgan fingerprint density at radius 1 is 0.590 bits per heavy atom. The number of hydrogen-bond donors (Lipinski definition) is 1. The van der Waals surface area contributed by atoms with Crippen molar-refractivity contribution in [1.82, 2.24) is 0 Å². The second kappa shape index (κ2) is 13.9. The van der Waals surface area contributed by atoms with Crippen LogP contribution in [-0.4, -0.2) is 33.5 Å². The van der Waals surface area contributed by atoms with Crippen LogP contribution < -0.4 is 27.9 Å². The van der Waals surface area contributed by atoms with Crippen molar-refractivity contribution in [3.63, 3.8) is 0 Å². The molecule has 0 saturated heterocycles. The zero-order valence-corrected chi connectivity index (χ0v) is 24.8. The van der Waals surface area contributed by atoms with Crippen LogP contribution in [0.2, 0.25) is 0 Å². The van der Waals surface area contributed by atoms with Crippen LogP contribution in [0.1, 0.15) is 55.5 Å². The van der Waals surface area contributed by atoms with Crippen LogP contribution in [0.4, 0.5) is 0 Å². The number of ether oxygens (including phenoxy) is 5. The molecule has 0 heterocycles. The molecule has 3 rings (SSSR count). The number of rotatable bonds is 12. The molecule has 0 aliphatic carbocycles. The quantitative estimate of drug-likeness (QED) is 0.139. The highest BCUT2D eigenvalue weighted by Gasteiger charge is 2.19. The Kier molecular flexibility index (Phi) is 10.6. The van der Waals surface area contributed by atoms with E-state index in [4.69, 9.17) is 27.9 Å². The third-order valence-corrected chi connectivity index (χ3v) is 6.03. The normalized spacial score (nSPS) is 11.5. The van der Waals surface area contributed by atoms with Gasteiger partial charge >= 0.3 is 0 Å². The standard InChI is InChI=1S/C32H38O6S/c1-20(2)36-31-27(33-6)17-25(18-28(31)34-7)14-13-23-9-11-24(12-10-23)15-16-26-19-29(35-8)32(37-21(3)4)30(38-39)22(26)5/h9-21,39H,1-8H3/b14-13+,16-15+. The molecule has 0 amide bonds. The summed E-state index contributed by atoms with van der Waals surface area (Å²) in [4.78, 5) is 0. The van der Waals surface area contributed by atoms with Crippen LogP contribution in [0.5, 0.6) is 34.5 Å². The lowest BCUT2D eigenvalue weighted by Crippen LogP contribution is -2.08. The Balaban J connectivity index is 1.82. The van der Waals surface area contributed by atoms with Gasteiger partial charge in [-0.25, -0.2) is 0 Å². The number of benzene rings is 3. The highest BCUT2D eigenvalue weighted by molar-refractivity contribution is 7.75. The fourth-order valence-corrected chi connectivity index (χ4v) is 4.18. The molecular formula is C32H38O6S. The molecule has 0 atom stereocenters. The van der Waals surface area contributed by atoms with Crippen molar-refractivity contribution in [2.45, 2.75) is 46.8 Å². The molecule has 0 N–H and O–H groups in total. The number of thiol groups is 1. The SMILES string of the molecule is COc1cc(/C=C/c2ccc(/C=C/c3cc(OC)c(OC(C)C)c(OS)c3C)cc2)cc(OC)c1OC(C)C. The Morgan fingerprint density at radius 2 is 1.03 bits per heavy atom. The molecule has 208 valence electrons. The van der Waals surface area contributed by atoms with Gasteiger partial charge in [0.05, 0.1) is 33.5 Å². The number of methoxy groups -OCH3 is 3. The summed E-state index contributed by atoms with van der Waals surface area (Å²) in [5.74, 6) is 3.55. The minimum atomic E-state index is -0.0307. The molecule has 0 fully saturated rings. The van der Waals surface area contributed by atoms with Crippen molar-refractivity contribution in [1.29, 1.82) is 0 Å². The van der Waals surface area contributed by atoms with Crippen molar-refractivity contribution in [3.8, 4) is 34.5 Å². The van der Waals surface area contributed by atoms with Crippen LogP contribution in [0.15, 0.2) is 42.5 Å². The lowest BCUT2D eigenvalue weighted by atomic mass is 10.0. The van der Waals surface area contributed by atoms with E-state index in [1.807, 2.05) is 77.1 Å². The van der Waals surface area contributed by atoms with Gasteiger partial charge < -0.3 is 27.9 Å². The van der Waals surface area contributed by atoms with Gasteiger partial charge in [-0.1, -0.05) is 48.6 Å². The molecule has 0 saturated carbocycles. The van der Waals surface area contributed by atoms with Gasteiger partial charge in [0.2, 0.25) is 11.5 Å². The van der Waals surface area contributed by atoms with Gasteiger partial charge in [-0.2, -0.15) is 0 Å². The summed E-state index contributed by atoms with van der Waals surface area (Å²) in [6, 6.07) is 14.1. The zero-order valence-electron chi connectivity index (χ0n) is 23.9. The first-order valence-electron chi connectivity index (χ1n) is 12.8. The predicted molar refractivity (Wildman–Crippen MR) is 163 cm³/mol. The first kappa shape index (κ1) is 29.8. The van der Waals surface area contributed by atoms with Gasteiger partial charge in [0.25, 0.3) is 0 Å². The van der Waals surface area contributed by atoms with Crippen molar-refractivity contribution in [3.05, 3.63) is 70.3 Å². The molecule has 3 aromatic rings. The van der Waals surface area contributed by atoms with Crippen molar-refractivity contribution in [2.24, 2.45) is 0 Å². The molecule has 0 bridgehead atoms. The van der Waals surface area contributed by atoms with E-state index in [1.54, 1.807) is 21.3 Å². The summed E-state index contributed by atoms with van der Waals surface area (Å²) in [5, 5.41) is 0. The maximum atomic E-state index is 5.92. The molecule has 0 aliphatic rings. The maximum Gasteiger partial charge on any atom is 0.205 e. The van der Waals surface area contributed by atoms with E-state index < -0.39 is 0 Å². The van der Waals surface area contributed by atoms with Gasteiger partial charge in [-0.15, -0.1) is 0 Å². The van der Waals surface area contributed by atoms with Gasteiger partial charge in [0, 0.05) is 18.5 Å². The topological polar surface area (TPSA) is 55.4 Å². The van der Waals surface area contributed by atoms with Crippen LogP contribution in [-0.2, 0) is 0 Å². The number of hydrogen-bond acceptors (Lipinski definition) is 7. The first-order chi connectivity index (χ1) is 18.7. The van der Waals surface area contributed by atoms with Crippen LogP contribution in [0.25, 0.3) is 24.3 Å². The molecule has 39 heavy (non-hydrogen) atoms. The molecule has 0 aliphatic heterocycles. The zero-order chi connectivity index (χ0) is 28.5. The lowest BCUT2D eigenvalue weighted by molar-refractivity contribution is 0.218. The highest BCUT2D eigenvalue weighted by Crippen LogP contribution is 2.44. The van der Waals surface area contributed by atoms with E-state index >= 15 is 0 Å². The molecule has 0 radical (unpaired) electrons. The van der Waals surface area contributed by atoms with Crippen LogP contribution in [0.3, 0.4) is 0 Å². The summed E-state index contributed by atoms with van der Waals surface area (Å²) in [5.41, 5.74) is 4.92. The fraction of sp³-hybridized carbons (Fsp3) is 0.312. The third kappa shape index (κ3) is 7.67. The minimum absolute atomic E-state index is 0.00401. The molecular weight excluding hydrogens is 512 g/mol. The van der Waals surface area contributed by atoms with Gasteiger partial charge in [-0.05, 0) is 75.1 Å². The Morgan fingerprint density at radius 3 is 1.49 bits per heavy atom. The molecule has 0 spiro atoms. The molecule has 7 heteroatoms. The van der Waals surface area contributed by atoms with E-state index in [-0.39, 0.29) is 12.2 Å². The van der Waals surface area contributed by atoms with E-state index in [9.17, 15) is 0 Å². The lowest BCUT2D eigenvalue weighted by Gasteiger charge is -2.19. The average molecular weight is 551 g/mol. The molecule has 0 unspecified atom stereocenters. The second-order valence-corrected chi connectivity index (χ2v) is 9.65. The summed E-state index contributed by atoms with van der Waals surface area (Å²) >= 11 is 4.05. The van der Waals surface area contributed by atoms with Crippen LogP contribution >= 0.6 is 12.9 Å². The smallest absolute Gasteiger partial charge is 0.205 e. The average Bonchev–Trinajstić information content (AvgIpc) is 2.92. The fourth-order valence-electron chi connectivity index (χ4n) is 3.96. The second-order valence-electron chi connectivity index (χ2n) is 9.46. The summed E-state index contributed by atoms with van der Waals surface area (Å²) in [7, 11) is 4.86. The Labute approximate surface area is 237 Å². The van der Waals surface area contributed by atoms with Crippen molar-refractivity contribution >= 4 is 37.2 Å². The molecule has 0 aromatic heterocycles. The Bertz CT molecular complexity index is 1280. The maximum absolute atomic E-state index is 5.92. The largest absolute Gasteiger partial charge is 0.493 e. The van der Waals surface area contributed by atoms with E-state index in [0.29, 0.717) is 34.5 Å². The summed E-state index contributed by atoms with van der Waals surface area (Å²) < 4.78 is 33.8. The molecule has 6 nitrogen and oxygen atoms in total.